The topological polar surface area (TPSA) is 54.4 Å². The van der Waals surface area contributed by atoms with Crippen molar-refractivity contribution >= 4 is 34.1 Å². The number of para-hydroxylation sites is 1. The standard InChI is InChI=1S/C21H19N3OS/c25-20(24-16-6-2-1-3-7-16)19-17-8-4-5-9-18(17)26-21(19)23-14-15-10-12-22-13-11-15/h1-3,6-7,10-14H,4-5,8-9H2,(H,24,25). The molecule has 0 unspecified atom stereocenters. The van der Waals surface area contributed by atoms with Gasteiger partial charge < -0.3 is 5.32 Å². The first-order valence-electron chi connectivity index (χ1n) is 8.76. The summed E-state index contributed by atoms with van der Waals surface area (Å²) in [6, 6.07) is 13.4. The molecule has 0 saturated heterocycles. The zero-order chi connectivity index (χ0) is 17.8. The molecule has 1 aliphatic rings. The Bertz CT molecular complexity index is 933. The Morgan fingerprint density at radius 3 is 2.65 bits per heavy atom. The lowest BCUT2D eigenvalue weighted by molar-refractivity contribution is 0.102. The normalized spacial score (nSPS) is 13.5. The molecule has 1 aromatic carbocycles. The van der Waals surface area contributed by atoms with Gasteiger partial charge in [0.15, 0.2) is 0 Å². The van der Waals surface area contributed by atoms with E-state index in [1.807, 2.05) is 42.5 Å². The molecule has 130 valence electrons. The van der Waals surface area contributed by atoms with Gasteiger partial charge in [-0.2, -0.15) is 0 Å². The fraction of sp³-hybridized carbons (Fsp3) is 0.190. The number of hydrogen-bond acceptors (Lipinski definition) is 4. The van der Waals surface area contributed by atoms with Crippen molar-refractivity contribution in [1.82, 2.24) is 4.98 Å². The SMILES string of the molecule is O=C(Nc1ccccc1)c1c(N=Cc2ccncc2)sc2c1CCCC2. The molecule has 0 aliphatic heterocycles. The zero-order valence-corrected chi connectivity index (χ0v) is 15.1. The van der Waals surface area contributed by atoms with E-state index in [0.717, 1.165) is 41.1 Å². The number of carbonyl (C=O) groups is 1. The van der Waals surface area contributed by atoms with Crippen molar-refractivity contribution < 1.29 is 4.79 Å². The van der Waals surface area contributed by atoms with Crippen LogP contribution in [0.1, 0.15) is 39.2 Å². The second-order valence-electron chi connectivity index (χ2n) is 6.25. The molecule has 0 saturated carbocycles. The van der Waals surface area contributed by atoms with Gasteiger partial charge in [0.25, 0.3) is 5.91 Å². The number of carbonyl (C=O) groups excluding carboxylic acids is 1. The lowest BCUT2D eigenvalue weighted by Gasteiger charge is -2.12. The van der Waals surface area contributed by atoms with Crippen LogP contribution in [0.25, 0.3) is 0 Å². The minimum Gasteiger partial charge on any atom is -0.322 e. The average molecular weight is 361 g/mol. The van der Waals surface area contributed by atoms with E-state index in [-0.39, 0.29) is 5.91 Å². The van der Waals surface area contributed by atoms with Crippen LogP contribution in [-0.2, 0) is 12.8 Å². The van der Waals surface area contributed by atoms with Gasteiger partial charge >= 0.3 is 0 Å². The van der Waals surface area contributed by atoms with Crippen molar-refractivity contribution in [2.24, 2.45) is 4.99 Å². The molecule has 4 rings (SSSR count). The number of aromatic nitrogens is 1. The van der Waals surface area contributed by atoms with E-state index in [4.69, 9.17) is 0 Å². The maximum absolute atomic E-state index is 13.0. The first kappa shape index (κ1) is 16.7. The number of aliphatic imine (C=N–C) groups is 1. The molecular formula is C21H19N3OS. The highest BCUT2D eigenvalue weighted by atomic mass is 32.1. The summed E-state index contributed by atoms with van der Waals surface area (Å²) >= 11 is 1.65. The third-order valence-corrected chi connectivity index (χ3v) is 5.65. The molecule has 4 nitrogen and oxygen atoms in total. The summed E-state index contributed by atoms with van der Waals surface area (Å²) in [5.74, 6) is -0.0718. The van der Waals surface area contributed by atoms with Crippen LogP contribution < -0.4 is 5.32 Å². The van der Waals surface area contributed by atoms with Crippen LogP contribution in [0.5, 0.6) is 0 Å². The van der Waals surface area contributed by atoms with Gasteiger partial charge in [-0.3, -0.25) is 9.78 Å². The van der Waals surface area contributed by atoms with E-state index in [0.29, 0.717) is 0 Å². The quantitative estimate of drug-likeness (QED) is 0.663. The fourth-order valence-corrected chi connectivity index (χ4v) is 4.40. The zero-order valence-electron chi connectivity index (χ0n) is 14.3. The second kappa shape index (κ2) is 7.62. The number of aryl methyl sites for hydroxylation is 1. The van der Waals surface area contributed by atoms with Gasteiger partial charge in [0.2, 0.25) is 0 Å². The minimum absolute atomic E-state index is 0.0718. The van der Waals surface area contributed by atoms with Crippen LogP contribution in [0.4, 0.5) is 10.7 Å². The molecule has 1 amide bonds. The van der Waals surface area contributed by atoms with Crippen molar-refractivity contribution in [2.45, 2.75) is 25.7 Å². The van der Waals surface area contributed by atoms with E-state index in [1.54, 1.807) is 29.9 Å². The van der Waals surface area contributed by atoms with Gasteiger partial charge in [-0.15, -0.1) is 11.3 Å². The number of anilines is 1. The highest BCUT2D eigenvalue weighted by Gasteiger charge is 2.25. The first-order valence-corrected chi connectivity index (χ1v) is 9.58. The Morgan fingerprint density at radius 1 is 1.08 bits per heavy atom. The lowest BCUT2D eigenvalue weighted by Crippen LogP contribution is -2.14. The summed E-state index contributed by atoms with van der Waals surface area (Å²) in [5.41, 5.74) is 3.69. The molecule has 0 radical (unpaired) electrons. The van der Waals surface area contributed by atoms with E-state index < -0.39 is 0 Å². The Morgan fingerprint density at radius 2 is 1.85 bits per heavy atom. The second-order valence-corrected chi connectivity index (χ2v) is 7.33. The number of thiophene rings is 1. The fourth-order valence-electron chi connectivity index (χ4n) is 3.17. The third kappa shape index (κ3) is 3.58. The highest BCUT2D eigenvalue weighted by molar-refractivity contribution is 7.16. The summed E-state index contributed by atoms with van der Waals surface area (Å²) < 4.78 is 0. The van der Waals surface area contributed by atoms with Gasteiger partial charge in [0, 0.05) is 29.2 Å². The largest absolute Gasteiger partial charge is 0.322 e. The summed E-state index contributed by atoms with van der Waals surface area (Å²) in [7, 11) is 0. The molecule has 0 fully saturated rings. The molecule has 1 aliphatic carbocycles. The van der Waals surface area contributed by atoms with Crippen molar-refractivity contribution in [1.29, 1.82) is 0 Å². The Hall–Kier alpha value is -2.79. The van der Waals surface area contributed by atoms with Crippen LogP contribution in [0.15, 0.2) is 59.9 Å². The highest BCUT2D eigenvalue weighted by Crippen LogP contribution is 2.40. The van der Waals surface area contributed by atoms with Gasteiger partial charge in [-0.1, -0.05) is 18.2 Å². The number of fused-ring (bicyclic) bond motifs is 1. The molecular weight excluding hydrogens is 342 g/mol. The molecule has 0 atom stereocenters. The van der Waals surface area contributed by atoms with Crippen molar-refractivity contribution in [3.8, 4) is 0 Å². The maximum Gasteiger partial charge on any atom is 0.259 e. The van der Waals surface area contributed by atoms with E-state index in [9.17, 15) is 4.79 Å². The van der Waals surface area contributed by atoms with Gasteiger partial charge in [0.1, 0.15) is 5.00 Å². The monoisotopic (exact) mass is 361 g/mol. The van der Waals surface area contributed by atoms with Gasteiger partial charge in [-0.05, 0) is 61.1 Å². The van der Waals surface area contributed by atoms with E-state index >= 15 is 0 Å². The first-order chi connectivity index (χ1) is 12.8. The molecule has 2 aromatic heterocycles. The predicted molar refractivity (Wildman–Crippen MR) is 107 cm³/mol. The summed E-state index contributed by atoms with van der Waals surface area (Å²) in [6.45, 7) is 0. The van der Waals surface area contributed by atoms with Gasteiger partial charge in [0.05, 0.1) is 5.56 Å². The Kier molecular flexibility index (Phi) is 4.88. The number of nitrogens with zero attached hydrogens (tertiary/aromatic N) is 2. The molecule has 5 heteroatoms. The number of benzene rings is 1. The van der Waals surface area contributed by atoms with Crippen LogP contribution in [-0.4, -0.2) is 17.1 Å². The Labute approximate surface area is 156 Å². The summed E-state index contributed by atoms with van der Waals surface area (Å²) in [5, 5.41) is 3.81. The van der Waals surface area contributed by atoms with Crippen LogP contribution in [0.2, 0.25) is 0 Å². The minimum atomic E-state index is -0.0718. The number of rotatable bonds is 4. The van der Waals surface area contributed by atoms with Gasteiger partial charge in [-0.25, -0.2) is 4.99 Å². The van der Waals surface area contributed by atoms with Crippen LogP contribution in [0, 0.1) is 0 Å². The number of hydrogen-bond donors (Lipinski definition) is 1. The predicted octanol–water partition coefficient (Wildman–Crippen LogP) is 5.02. The molecule has 0 spiro atoms. The molecule has 0 bridgehead atoms. The summed E-state index contributed by atoms with van der Waals surface area (Å²) in [4.78, 5) is 23.0. The van der Waals surface area contributed by atoms with Crippen molar-refractivity contribution in [2.75, 3.05) is 5.32 Å². The average Bonchev–Trinajstić information content (AvgIpc) is 3.06. The van der Waals surface area contributed by atoms with E-state index in [2.05, 4.69) is 15.3 Å². The van der Waals surface area contributed by atoms with Crippen molar-refractivity contribution in [3.63, 3.8) is 0 Å². The number of pyridine rings is 1. The maximum atomic E-state index is 13.0. The van der Waals surface area contributed by atoms with Crippen LogP contribution >= 0.6 is 11.3 Å². The lowest BCUT2D eigenvalue weighted by atomic mass is 9.95. The third-order valence-electron chi connectivity index (χ3n) is 4.45. The molecule has 2 heterocycles. The van der Waals surface area contributed by atoms with Crippen LogP contribution in [0.3, 0.4) is 0 Å². The van der Waals surface area contributed by atoms with E-state index in [1.165, 1.54) is 16.9 Å². The Balaban J connectivity index is 1.68. The molecule has 1 N–H and O–H groups in total. The molecule has 3 aromatic rings. The number of nitrogens with one attached hydrogen (secondary N) is 1. The summed E-state index contributed by atoms with van der Waals surface area (Å²) in [6.07, 6.45) is 9.58. The number of amides is 1. The van der Waals surface area contributed by atoms with Crippen molar-refractivity contribution in [3.05, 3.63) is 76.4 Å². The molecule has 26 heavy (non-hydrogen) atoms. The smallest absolute Gasteiger partial charge is 0.259 e.